The second-order valence-electron chi connectivity index (χ2n) is 0.874. The molecule has 0 saturated heterocycles. The van der Waals surface area contributed by atoms with Crippen LogP contribution in [0.2, 0.25) is 0 Å². The van der Waals surface area contributed by atoms with E-state index >= 15 is 0 Å². The van der Waals surface area contributed by atoms with Crippen LogP contribution in [0.15, 0.2) is 5.16 Å². The minimum Gasteiger partial charge on any atom is -0.550 e. The topological polar surface area (TPSA) is 104 Å². The molecule has 5 nitrogen and oxygen atoms in total. The Balaban J connectivity index is -0.000000180. The molecule has 9 heavy (non-hydrogen) atoms. The maximum atomic E-state index is 9.44. The van der Waals surface area contributed by atoms with E-state index in [4.69, 9.17) is 5.21 Å². The van der Waals surface area contributed by atoms with Gasteiger partial charge in [-0.15, -0.1) is 5.16 Å². The van der Waals surface area contributed by atoms with Crippen molar-refractivity contribution in [1.82, 2.24) is 0 Å². The van der Waals surface area contributed by atoms with Crippen molar-refractivity contribution >= 4 is 12.2 Å². The van der Waals surface area contributed by atoms with Crippen LogP contribution in [0.5, 0.6) is 0 Å². The number of rotatable bonds is 2. The third kappa shape index (κ3) is 18.1. The Morgan fingerprint density at radius 3 is 2.33 bits per heavy atom. The number of aliphatic carboxylic acids is 1. The summed E-state index contributed by atoms with van der Waals surface area (Å²) in [6, 6.07) is 0. The summed E-state index contributed by atoms with van der Waals surface area (Å²) >= 11 is 0. The molecule has 0 aliphatic carbocycles. The zero-order chi connectivity index (χ0) is 5.70. The van der Waals surface area contributed by atoms with Crippen molar-refractivity contribution in [3.8, 4) is 0 Å². The first-order valence-electron chi connectivity index (χ1n) is 1.63. The molecule has 0 saturated carbocycles. The summed E-state index contributed by atoms with van der Waals surface area (Å²) in [7, 11) is 0. The van der Waals surface area contributed by atoms with Crippen LogP contribution in [0.4, 0.5) is 0 Å². The van der Waals surface area contributed by atoms with E-state index in [9.17, 15) is 9.90 Å². The molecule has 0 atom stereocenters. The van der Waals surface area contributed by atoms with E-state index in [-0.39, 0.29) is 41.5 Å². The van der Waals surface area contributed by atoms with E-state index in [2.05, 4.69) is 5.16 Å². The normalized spacial score (nSPS) is 7.56. The van der Waals surface area contributed by atoms with E-state index in [1.807, 2.05) is 0 Å². The molecule has 0 aliphatic heterocycles. The Bertz CT molecular complexity index is 93.8. The Morgan fingerprint density at radius 2 is 2.22 bits per heavy atom. The molecule has 0 aromatic rings. The second kappa shape index (κ2) is 10.8. The van der Waals surface area contributed by atoms with Gasteiger partial charge in [-0.2, -0.15) is 0 Å². The standard InChI is InChI=1S/C3H5NO3.Na.H2O/c5-3(6)1-2-4-7;;/h2,7H,1H2,(H,5,6);;1H2/q;+1;/p-1/b4-2+;;. The maximum Gasteiger partial charge on any atom is 1.00 e. The first kappa shape index (κ1) is 16.0. The molecule has 0 amide bonds. The Morgan fingerprint density at radius 1 is 1.78 bits per heavy atom. The largest absolute Gasteiger partial charge is 1.00 e. The first-order chi connectivity index (χ1) is 3.27. The predicted molar refractivity (Wildman–Crippen MR) is 23.5 cm³/mol. The van der Waals surface area contributed by atoms with Gasteiger partial charge in [-0.05, 0) is 0 Å². The molecule has 0 aromatic carbocycles. The number of hydrogen-bond donors (Lipinski definition) is 1. The van der Waals surface area contributed by atoms with E-state index in [0.29, 0.717) is 0 Å². The van der Waals surface area contributed by atoms with Crippen LogP contribution >= 0.6 is 0 Å². The molecular weight excluding hydrogens is 137 g/mol. The van der Waals surface area contributed by atoms with Crippen LogP contribution in [-0.2, 0) is 4.79 Å². The third-order valence-electron chi connectivity index (χ3n) is 0.340. The summed E-state index contributed by atoms with van der Waals surface area (Å²) in [5.74, 6) is -1.25. The van der Waals surface area contributed by atoms with Gasteiger partial charge in [0.2, 0.25) is 0 Å². The first-order valence-corrected chi connectivity index (χ1v) is 1.63. The number of carboxylic acids is 1. The van der Waals surface area contributed by atoms with Crippen LogP contribution in [0.3, 0.4) is 0 Å². The van der Waals surface area contributed by atoms with Gasteiger partial charge >= 0.3 is 29.6 Å². The molecule has 48 valence electrons. The van der Waals surface area contributed by atoms with Gasteiger partial charge in [0.15, 0.2) is 0 Å². The van der Waals surface area contributed by atoms with Gasteiger partial charge in [-0.3, -0.25) is 0 Å². The molecule has 3 N–H and O–H groups in total. The number of nitrogens with zero attached hydrogens (tertiary/aromatic N) is 1. The van der Waals surface area contributed by atoms with Crippen LogP contribution in [-0.4, -0.2) is 22.9 Å². The van der Waals surface area contributed by atoms with Gasteiger partial charge in [0, 0.05) is 18.6 Å². The number of oxime groups is 1. The van der Waals surface area contributed by atoms with Crippen molar-refractivity contribution in [2.75, 3.05) is 0 Å². The van der Waals surface area contributed by atoms with E-state index in [0.717, 1.165) is 6.21 Å². The minimum absolute atomic E-state index is 0. The van der Waals surface area contributed by atoms with E-state index < -0.39 is 5.97 Å². The molecular formula is C3H6NNaO4. The average Bonchev–Trinajstić information content (AvgIpc) is 1.61. The van der Waals surface area contributed by atoms with Crippen LogP contribution in [0.25, 0.3) is 0 Å². The molecule has 0 unspecified atom stereocenters. The fourth-order valence-corrected chi connectivity index (χ4v) is 0.115. The maximum absolute atomic E-state index is 9.44. The van der Waals surface area contributed by atoms with Gasteiger partial charge < -0.3 is 20.6 Å². The molecule has 0 aliphatic rings. The van der Waals surface area contributed by atoms with Gasteiger partial charge in [0.05, 0.1) is 0 Å². The smallest absolute Gasteiger partial charge is 0.550 e. The van der Waals surface area contributed by atoms with E-state index in [1.54, 1.807) is 0 Å². The van der Waals surface area contributed by atoms with Crippen molar-refractivity contribution in [3.05, 3.63) is 0 Å². The quantitative estimate of drug-likeness (QED) is 0.181. The molecule has 0 heterocycles. The van der Waals surface area contributed by atoms with E-state index in [1.165, 1.54) is 0 Å². The average molecular weight is 143 g/mol. The van der Waals surface area contributed by atoms with Gasteiger partial charge in [-0.25, -0.2) is 0 Å². The number of carboxylic acid groups (broad SMARTS) is 1. The summed E-state index contributed by atoms with van der Waals surface area (Å²) in [5, 5.41) is 19.5. The second-order valence-corrected chi connectivity index (χ2v) is 0.874. The fourth-order valence-electron chi connectivity index (χ4n) is 0.115. The predicted octanol–water partition coefficient (Wildman–Crippen LogP) is -5.23. The van der Waals surface area contributed by atoms with Crippen LogP contribution in [0, 0.1) is 0 Å². The third-order valence-corrected chi connectivity index (χ3v) is 0.340. The number of carbonyl (C=O) groups excluding carboxylic acids is 1. The molecule has 0 rings (SSSR count). The molecule has 0 fully saturated rings. The minimum atomic E-state index is -1.25. The van der Waals surface area contributed by atoms with Gasteiger partial charge in [-0.1, -0.05) is 0 Å². The van der Waals surface area contributed by atoms with Crippen molar-refractivity contribution < 1.29 is 50.1 Å². The fraction of sp³-hybridized carbons (Fsp3) is 0.333. The van der Waals surface area contributed by atoms with Crippen LogP contribution in [0.1, 0.15) is 6.42 Å². The van der Waals surface area contributed by atoms with Crippen molar-refractivity contribution in [1.29, 1.82) is 0 Å². The molecule has 6 heteroatoms. The van der Waals surface area contributed by atoms with Crippen molar-refractivity contribution in [2.45, 2.75) is 6.42 Å². The molecule has 0 bridgehead atoms. The summed E-state index contributed by atoms with van der Waals surface area (Å²) in [5.41, 5.74) is 0. The number of hydrogen-bond acceptors (Lipinski definition) is 4. The number of carbonyl (C=O) groups is 1. The summed E-state index contributed by atoms with van der Waals surface area (Å²) in [4.78, 5) is 9.44. The monoisotopic (exact) mass is 143 g/mol. The zero-order valence-electron chi connectivity index (χ0n) is 5.00. The van der Waals surface area contributed by atoms with Gasteiger partial charge in [0.25, 0.3) is 0 Å². The summed E-state index contributed by atoms with van der Waals surface area (Å²) < 4.78 is 0. The summed E-state index contributed by atoms with van der Waals surface area (Å²) in [6.45, 7) is 0. The van der Waals surface area contributed by atoms with Crippen molar-refractivity contribution in [3.63, 3.8) is 0 Å². The SMILES string of the molecule is O.O=C([O-])C/C=N/O.[Na+]. The molecule has 0 radical (unpaired) electrons. The Labute approximate surface area is 74.0 Å². The van der Waals surface area contributed by atoms with Crippen LogP contribution < -0.4 is 34.7 Å². The van der Waals surface area contributed by atoms with Gasteiger partial charge in [0.1, 0.15) is 0 Å². The summed E-state index contributed by atoms with van der Waals surface area (Å²) in [6.07, 6.45) is 0.506. The Kier molecular flexibility index (Phi) is 19.2. The molecule has 0 spiro atoms. The van der Waals surface area contributed by atoms with Crippen molar-refractivity contribution in [2.24, 2.45) is 5.16 Å². The Hall–Kier alpha value is -0.100. The zero-order valence-corrected chi connectivity index (χ0v) is 7.00. The molecule has 0 aromatic heterocycles.